The molecule has 2 heterocycles. The standard InChI is InChI=1S/C13H17BFNO4/c1-12(2)13(3,4)20-14(19-12)8-6-9(15)10(16-7-8)11(17)18-5/h6-7H,1-5H3. The fourth-order valence-electron chi connectivity index (χ4n) is 1.81. The van der Waals surface area contributed by atoms with Gasteiger partial charge >= 0.3 is 13.1 Å². The molecule has 0 N–H and O–H groups in total. The molecule has 5 nitrogen and oxygen atoms in total. The van der Waals surface area contributed by atoms with Crippen LogP contribution in [0.3, 0.4) is 0 Å². The quantitative estimate of drug-likeness (QED) is 0.604. The highest BCUT2D eigenvalue weighted by Crippen LogP contribution is 2.36. The number of hydrogen-bond acceptors (Lipinski definition) is 5. The molecule has 0 aliphatic carbocycles. The first-order valence-electron chi connectivity index (χ1n) is 6.27. The molecule has 0 atom stereocenters. The molecule has 1 saturated heterocycles. The van der Waals surface area contributed by atoms with Crippen molar-refractivity contribution in [2.75, 3.05) is 7.11 Å². The maximum atomic E-state index is 13.9. The van der Waals surface area contributed by atoms with Crippen molar-refractivity contribution in [1.29, 1.82) is 0 Å². The van der Waals surface area contributed by atoms with Gasteiger partial charge in [0.15, 0.2) is 11.5 Å². The molecule has 1 aromatic rings. The van der Waals surface area contributed by atoms with Gasteiger partial charge in [-0.2, -0.15) is 0 Å². The maximum absolute atomic E-state index is 13.9. The van der Waals surface area contributed by atoms with Crippen molar-refractivity contribution in [3.05, 3.63) is 23.8 Å². The Hall–Kier alpha value is -1.47. The predicted octanol–water partition coefficient (Wildman–Crippen LogP) is 1.31. The highest BCUT2D eigenvalue weighted by Gasteiger charge is 2.52. The monoisotopic (exact) mass is 281 g/mol. The second-order valence-electron chi connectivity index (χ2n) is 5.68. The Morgan fingerprint density at radius 3 is 2.30 bits per heavy atom. The van der Waals surface area contributed by atoms with Crippen molar-refractivity contribution >= 4 is 18.6 Å². The molecule has 0 radical (unpaired) electrons. The van der Waals surface area contributed by atoms with E-state index < -0.39 is 30.1 Å². The van der Waals surface area contributed by atoms with Gasteiger partial charge in [0.1, 0.15) is 0 Å². The van der Waals surface area contributed by atoms with Gasteiger partial charge in [-0.25, -0.2) is 14.2 Å². The SMILES string of the molecule is COC(=O)c1ncc(B2OC(C)(C)C(C)(C)O2)cc1F. The minimum absolute atomic E-state index is 0.354. The normalized spacial score (nSPS) is 20.0. The minimum Gasteiger partial charge on any atom is -0.464 e. The Balaban J connectivity index is 2.28. The zero-order valence-electron chi connectivity index (χ0n) is 12.2. The van der Waals surface area contributed by atoms with Crippen LogP contribution in [-0.4, -0.2) is 36.4 Å². The summed E-state index contributed by atoms with van der Waals surface area (Å²) in [6, 6.07) is 1.18. The number of rotatable bonds is 2. The highest BCUT2D eigenvalue weighted by atomic mass is 19.1. The largest absolute Gasteiger partial charge is 0.496 e. The zero-order valence-corrected chi connectivity index (χ0v) is 12.2. The molecule has 108 valence electrons. The lowest BCUT2D eigenvalue weighted by atomic mass is 9.80. The number of pyridine rings is 1. The van der Waals surface area contributed by atoms with Crippen LogP contribution in [0.2, 0.25) is 0 Å². The van der Waals surface area contributed by atoms with E-state index >= 15 is 0 Å². The molecule has 1 fully saturated rings. The third-order valence-corrected chi connectivity index (χ3v) is 3.77. The number of ether oxygens (including phenoxy) is 1. The van der Waals surface area contributed by atoms with E-state index in [0.29, 0.717) is 5.46 Å². The van der Waals surface area contributed by atoms with E-state index in [0.717, 1.165) is 0 Å². The van der Waals surface area contributed by atoms with Crippen LogP contribution in [0.1, 0.15) is 38.2 Å². The van der Waals surface area contributed by atoms with Crippen molar-refractivity contribution in [2.24, 2.45) is 0 Å². The fraction of sp³-hybridized carbons (Fsp3) is 0.538. The van der Waals surface area contributed by atoms with Gasteiger partial charge < -0.3 is 14.0 Å². The van der Waals surface area contributed by atoms with E-state index in [9.17, 15) is 9.18 Å². The molecule has 1 aliphatic heterocycles. The average Bonchev–Trinajstić information content (AvgIpc) is 2.57. The Kier molecular flexibility index (Phi) is 3.60. The van der Waals surface area contributed by atoms with Gasteiger partial charge in [0.25, 0.3) is 0 Å². The first-order chi connectivity index (χ1) is 9.18. The van der Waals surface area contributed by atoms with Crippen LogP contribution in [0.4, 0.5) is 4.39 Å². The van der Waals surface area contributed by atoms with Crippen molar-refractivity contribution in [3.8, 4) is 0 Å². The second-order valence-corrected chi connectivity index (χ2v) is 5.68. The average molecular weight is 281 g/mol. The number of carbonyl (C=O) groups is 1. The van der Waals surface area contributed by atoms with E-state index in [4.69, 9.17) is 9.31 Å². The molecule has 0 saturated carbocycles. The smallest absolute Gasteiger partial charge is 0.464 e. The molecule has 0 aromatic carbocycles. The third-order valence-electron chi connectivity index (χ3n) is 3.77. The number of nitrogens with zero attached hydrogens (tertiary/aromatic N) is 1. The molecule has 0 unspecified atom stereocenters. The molecule has 0 amide bonds. The number of methoxy groups -OCH3 is 1. The van der Waals surface area contributed by atoms with Crippen molar-refractivity contribution in [2.45, 2.75) is 38.9 Å². The van der Waals surface area contributed by atoms with Crippen LogP contribution >= 0.6 is 0 Å². The molecule has 0 bridgehead atoms. The van der Waals surface area contributed by atoms with E-state index in [1.165, 1.54) is 19.4 Å². The van der Waals surface area contributed by atoms with Crippen LogP contribution in [-0.2, 0) is 14.0 Å². The fourth-order valence-corrected chi connectivity index (χ4v) is 1.81. The summed E-state index contributed by atoms with van der Waals surface area (Å²) in [5.41, 5.74) is -0.966. The molecule has 1 aromatic heterocycles. The summed E-state index contributed by atoms with van der Waals surface area (Å²) in [6.07, 6.45) is 1.36. The van der Waals surface area contributed by atoms with E-state index in [-0.39, 0.29) is 5.69 Å². The number of aromatic nitrogens is 1. The van der Waals surface area contributed by atoms with Crippen LogP contribution in [0.5, 0.6) is 0 Å². The summed E-state index contributed by atoms with van der Waals surface area (Å²) in [4.78, 5) is 15.1. The van der Waals surface area contributed by atoms with Gasteiger partial charge in [0.05, 0.1) is 18.3 Å². The van der Waals surface area contributed by atoms with Gasteiger partial charge in [-0.3, -0.25) is 0 Å². The molecule has 20 heavy (non-hydrogen) atoms. The first kappa shape index (κ1) is 14.9. The van der Waals surface area contributed by atoms with Crippen molar-refractivity contribution in [3.63, 3.8) is 0 Å². The molecule has 1 aliphatic rings. The summed E-state index contributed by atoms with van der Waals surface area (Å²) in [5.74, 6) is -1.58. The van der Waals surface area contributed by atoms with E-state index in [1.54, 1.807) is 0 Å². The Morgan fingerprint density at radius 2 is 1.85 bits per heavy atom. The summed E-state index contributed by atoms with van der Waals surface area (Å²) in [5, 5.41) is 0. The van der Waals surface area contributed by atoms with Crippen LogP contribution in [0.25, 0.3) is 0 Å². The van der Waals surface area contributed by atoms with Crippen molar-refractivity contribution < 1.29 is 23.2 Å². The zero-order chi connectivity index (χ0) is 15.1. The number of halogens is 1. The lowest BCUT2D eigenvalue weighted by Gasteiger charge is -2.32. The Bertz CT molecular complexity index is 531. The predicted molar refractivity (Wildman–Crippen MR) is 71.3 cm³/mol. The van der Waals surface area contributed by atoms with Gasteiger partial charge in [-0.1, -0.05) is 0 Å². The highest BCUT2D eigenvalue weighted by molar-refractivity contribution is 6.62. The summed E-state index contributed by atoms with van der Waals surface area (Å²) in [7, 11) is 0.458. The minimum atomic E-state index is -0.817. The van der Waals surface area contributed by atoms with Gasteiger partial charge in [0.2, 0.25) is 0 Å². The Labute approximate surface area is 117 Å². The molecule has 0 spiro atoms. The lowest BCUT2D eigenvalue weighted by Crippen LogP contribution is -2.41. The number of esters is 1. The van der Waals surface area contributed by atoms with Crippen molar-refractivity contribution in [1.82, 2.24) is 4.98 Å². The first-order valence-corrected chi connectivity index (χ1v) is 6.27. The number of carbonyl (C=O) groups excluding carboxylic acids is 1. The Morgan fingerprint density at radius 1 is 1.30 bits per heavy atom. The third kappa shape index (κ3) is 2.43. The number of hydrogen-bond donors (Lipinski definition) is 0. The molecule has 7 heteroatoms. The van der Waals surface area contributed by atoms with Gasteiger partial charge in [-0.15, -0.1) is 0 Å². The summed E-state index contributed by atoms with van der Waals surface area (Å²) in [6.45, 7) is 7.61. The van der Waals surface area contributed by atoms with Crippen LogP contribution in [0, 0.1) is 5.82 Å². The van der Waals surface area contributed by atoms with E-state index in [2.05, 4.69) is 9.72 Å². The molecule has 2 rings (SSSR count). The van der Waals surface area contributed by atoms with E-state index in [1.807, 2.05) is 27.7 Å². The lowest BCUT2D eigenvalue weighted by molar-refractivity contribution is 0.00578. The molecular weight excluding hydrogens is 264 g/mol. The van der Waals surface area contributed by atoms with Crippen LogP contribution in [0.15, 0.2) is 12.3 Å². The van der Waals surface area contributed by atoms with Gasteiger partial charge in [0, 0.05) is 11.7 Å². The second kappa shape index (κ2) is 4.82. The maximum Gasteiger partial charge on any atom is 0.496 e. The van der Waals surface area contributed by atoms with Crippen LogP contribution < -0.4 is 5.46 Å². The molecular formula is C13H17BFNO4. The summed E-state index contributed by atoms with van der Waals surface area (Å²) < 4.78 is 29.9. The topological polar surface area (TPSA) is 57.7 Å². The van der Waals surface area contributed by atoms with Gasteiger partial charge in [-0.05, 0) is 33.8 Å². The summed E-state index contributed by atoms with van der Waals surface area (Å²) >= 11 is 0.